The minimum atomic E-state index is -0.619. The first-order valence-electron chi connectivity index (χ1n) is 7.34. The van der Waals surface area contributed by atoms with Gasteiger partial charge in [0.25, 0.3) is 11.5 Å². The highest BCUT2D eigenvalue weighted by Gasteiger charge is 2.17. The number of thioether (sulfide) groups is 1. The van der Waals surface area contributed by atoms with Crippen molar-refractivity contribution < 1.29 is 14.0 Å². The Hall–Kier alpha value is -2.75. The number of aromatic amines is 1. The number of anilines is 2. The van der Waals surface area contributed by atoms with Crippen LogP contribution >= 0.6 is 11.8 Å². The Morgan fingerprint density at radius 2 is 2.12 bits per heavy atom. The smallest absolute Gasteiger partial charge is 0.291 e. The third kappa shape index (κ3) is 5.38. The summed E-state index contributed by atoms with van der Waals surface area (Å²) in [6, 6.07) is 2.99. The summed E-state index contributed by atoms with van der Waals surface area (Å²) in [5, 5.41) is 5.33. The molecule has 0 atom stereocenters. The van der Waals surface area contributed by atoms with Crippen LogP contribution in [0.2, 0.25) is 0 Å². The van der Waals surface area contributed by atoms with E-state index in [9.17, 15) is 14.4 Å². The molecule has 0 aliphatic heterocycles. The lowest BCUT2D eigenvalue weighted by atomic mass is 10.1. The predicted molar refractivity (Wildman–Crippen MR) is 94.6 cm³/mol. The summed E-state index contributed by atoms with van der Waals surface area (Å²) >= 11 is 1.03. The molecule has 0 unspecified atom stereocenters. The topological polar surface area (TPSA) is 143 Å². The van der Waals surface area contributed by atoms with Crippen LogP contribution in [0.5, 0.6) is 0 Å². The number of furan rings is 1. The average molecular weight is 365 g/mol. The average Bonchev–Trinajstić information content (AvgIpc) is 3.01. The van der Waals surface area contributed by atoms with E-state index in [-0.39, 0.29) is 39.6 Å². The van der Waals surface area contributed by atoms with Gasteiger partial charge >= 0.3 is 0 Å². The summed E-state index contributed by atoms with van der Waals surface area (Å²) in [7, 11) is 0. The normalized spacial score (nSPS) is 11.2. The zero-order valence-corrected chi connectivity index (χ0v) is 14.8. The van der Waals surface area contributed by atoms with Gasteiger partial charge in [0.2, 0.25) is 5.91 Å². The molecule has 0 fully saturated rings. The van der Waals surface area contributed by atoms with Gasteiger partial charge in [-0.2, -0.15) is 0 Å². The van der Waals surface area contributed by atoms with Gasteiger partial charge < -0.3 is 20.8 Å². The number of nitrogens with one attached hydrogen (secondary N) is 3. The number of H-pyrrole nitrogens is 1. The summed E-state index contributed by atoms with van der Waals surface area (Å²) in [6.07, 6.45) is 1.34. The minimum absolute atomic E-state index is 0.0381. The SMILES string of the molecule is CC(C)(C)NC(=O)CSc1nc(N)c(NC(=O)c2ccco2)c(=O)[nH]1. The molecule has 9 nitrogen and oxygen atoms in total. The fourth-order valence-electron chi connectivity index (χ4n) is 1.83. The molecule has 0 saturated heterocycles. The van der Waals surface area contributed by atoms with Gasteiger partial charge in [-0.05, 0) is 32.9 Å². The number of nitrogens with two attached hydrogens (primary N) is 1. The number of carbonyl (C=O) groups excluding carboxylic acids is 2. The quantitative estimate of drug-likeness (QED) is 0.460. The van der Waals surface area contributed by atoms with Gasteiger partial charge in [-0.1, -0.05) is 11.8 Å². The largest absolute Gasteiger partial charge is 0.459 e. The zero-order valence-electron chi connectivity index (χ0n) is 14.0. The maximum Gasteiger partial charge on any atom is 0.291 e. The monoisotopic (exact) mass is 365 g/mol. The number of aromatic nitrogens is 2. The molecule has 10 heteroatoms. The van der Waals surface area contributed by atoms with Crippen LogP contribution in [0.1, 0.15) is 31.3 Å². The predicted octanol–water partition coefficient (Wildman–Crippen LogP) is 1.20. The molecule has 134 valence electrons. The van der Waals surface area contributed by atoms with E-state index in [4.69, 9.17) is 10.2 Å². The second-order valence-electron chi connectivity index (χ2n) is 6.15. The standard InChI is InChI=1S/C15H19N5O4S/c1-15(2,3)20-9(21)7-25-14-18-11(16)10(13(23)19-14)17-12(22)8-5-4-6-24-8/h4-6H,7H2,1-3H3,(H,17,22)(H,20,21)(H3,16,18,19,23). The first-order valence-corrected chi connectivity index (χ1v) is 8.33. The molecule has 25 heavy (non-hydrogen) atoms. The molecule has 0 aromatic carbocycles. The molecule has 0 bridgehead atoms. The van der Waals surface area contributed by atoms with Crippen LogP contribution in [0, 0.1) is 0 Å². The zero-order chi connectivity index (χ0) is 18.6. The third-order valence-corrected chi connectivity index (χ3v) is 3.64. The van der Waals surface area contributed by atoms with E-state index < -0.39 is 11.5 Å². The number of hydrogen-bond donors (Lipinski definition) is 4. The summed E-state index contributed by atoms with van der Waals surface area (Å²) in [6.45, 7) is 5.60. The highest BCUT2D eigenvalue weighted by molar-refractivity contribution is 7.99. The van der Waals surface area contributed by atoms with Crippen LogP contribution in [-0.2, 0) is 4.79 Å². The Morgan fingerprint density at radius 1 is 1.40 bits per heavy atom. The van der Waals surface area contributed by atoms with Crippen LogP contribution in [0.3, 0.4) is 0 Å². The summed E-state index contributed by atoms with van der Waals surface area (Å²) < 4.78 is 4.94. The lowest BCUT2D eigenvalue weighted by Crippen LogP contribution is -2.41. The van der Waals surface area contributed by atoms with Gasteiger partial charge in [0.1, 0.15) is 0 Å². The van der Waals surface area contributed by atoms with E-state index in [0.717, 1.165) is 11.8 Å². The van der Waals surface area contributed by atoms with Crippen molar-refractivity contribution in [2.45, 2.75) is 31.5 Å². The lowest BCUT2D eigenvalue weighted by molar-refractivity contribution is -0.119. The van der Waals surface area contributed by atoms with Crippen LogP contribution in [-0.4, -0.2) is 33.1 Å². The van der Waals surface area contributed by atoms with Crippen molar-refractivity contribution in [1.82, 2.24) is 15.3 Å². The van der Waals surface area contributed by atoms with Gasteiger partial charge in [-0.25, -0.2) is 4.98 Å². The van der Waals surface area contributed by atoms with Crippen molar-refractivity contribution in [3.05, 3.63) is 34.5 Å². The Bertz CT molecular complexity index is 823. The number of carbonyl (C=O) groups is 2. The number of rotatable bonds is 5. The van der Waals surface area contributed by atoms with Crippen molar-refractivity contribution in [1.29, 1.82) is 0 Å². The highest BCUT2D eigenvalue weighted by Crippen LogP contribution is 2.17. The van der Waals surface area contributed by atoms with Crippen molar-refractivity contribution in [3.63, 3.8) is 0 Å². The second-order valence-corrected chi connectivity index (χ2v) is 7.11. The van der Waals surface area contributed by atoms with Gasteiger partial charge in [-0.3, -0.25) is 19.4 Å². The molecule has 2 aromatic heterocycles. The number of hydrogen-bond acceptors (Lipinski definition) is 7. The van der Waals surface area contributed by atoms with Crippen molar-refractivity contribution in [2.24, 2.45) is 0 Å². The fraction of sp³-hybridized carbons (Fsp3) is 0.333. The number of amides is 2. The Morgan fingerprint density at radius 3 is 2.68 bits per heavy atom. The summed E-state index contributed by atoms with van der Waals surface area (Å²) in [5.74, 6) is -0.862. The number of nitrogen functional groups attached to an aromatic ring is 1. The maximum atomic E-state index is 12.1. The molecule has 0 radical (unpaired) electrons. The van der Waals surface area contributed by atoms with E-state index in [1.165, 1.54) is 12.3 Å². The molecular weight excluding hydrogens is 346 g/mol. The lowest BCUT2D eigenvalue weighted by Gasteiger charge is -2.20. The first kappa shape index (κ1) is 18.6. The molecule has 2 heterocycles. The van der Waals surface area contributed by atoms with E-state index in [1.807, 2.05) is 20.8 Å². The third-order valence-electron chi connectivity index (χ3n) is 2.76. The van der Waals surface area contributed by atoms with Gasteiger partial charge in [0.15, 0.2) is 22.4 Å². The fourth-order valence-corrected chi connectivity index (χ4v) is 2.50. The van der Waals surface area contributed by atoms with Crippen LogP contribution in [0.15, 0.2) is 32.8 Å². The molecule has 0 spiro atoms. The maximum absolute atomic E-state index is 12.1. The van der Waals surface area contributed by atoms with E-state index in [2.05, 4.69) is 20.6 Å². The Kier molecular flexibility index (Phi) is 5.52. The van der Waals surface area contributed by atoms with E-state index >= 15 is 0 Å². The molecule has 5 N–H and O–H groups in total. The number of nitrogens with zero attached hydrogens (tertiary/aromatic N) is 1. The van der Waals surface area contributed by atoms with Gasteiger partial charge in [-0.15, -0.1) is 0 Å². The summed E-state index contributed by atoms with van der Waals surface area (Å²) in [4.78, 5) is 42.3. The molecule has 0 saturated carbocycles. The Balaban J connectivity index is 2.06. The molecular formula is C15H19N5O4S. The highest BCUT2D eigenvalue weighted by atomic mass is 32.2. The van der Waals surface area contributed by atoms with Crippen molar-refractivity contribution >= 4 is 35.1 Å². The van der Waals surface area contributed by atoms with E-state index in [1.54, 1.807) is 6.07 Å². The molecule has 2 amide bonds. The summed E-state index contributed by atoms with van der Waals surface area (Å²) in [5.41, 5.74) is 4.60. The van der Waals surface area contributed by atoms with Crippen LogP contribution < -0.4 is 21.9 Å². The second kappa shape index (κ2) is 7.43. The Labute approximate surface area is 147 Å². The van der Waals surface area contributed by atoms with Gasteiger partial charge in [0, 0.05) is 5.54 Å². The molecule has 2 rings (SSSR count). The van der Waals surface area contributed by atoms with Crippen molar-refractivity contribution in [3.8, 4) is 0 Å². The molecule has 0 aliphatic carbocycles. The van der Waals surface area contributed by atoms with Crippen LogP contribution in [0.25, 0.3) is 0 Å². The first-order chi connectivity index (χ1) is 11.7. The van der Waals surface area contributed by atoms with Crippen LogP contribution in [0.4, 0.5) is 11.5 Å². The van der Waals surface area contributed by atoms with Crippen molar-refractivity contribution in [2.75, 3.05) is 16.8 Å². The molecule has 0 aliphatic rings. The minimum Gasteiger partial charge on any atom is -0.459 e. The van der Waals surface area contributed by atoms with E-state index in [0.29, 0.717) is 0 Å². The van der Waals surface area contributed by atoms with Gasteiger partial charge in [0.05, 0.1) is 12.0 Å². The molecule has 2 aromatic rings.